The van der Waals surface area contributed by atoms with Gasteiger partial charge in [0.2, 0.25) is 0 Å². The molecule has 0 aliphatic rings. The van der Waals surface area contributed by atoms with Crippen LogP contribution in [0.2, 0.25) is 0 Å². The predicted molar refractivity (Wildman–Crippen MR) is 79.9 cm³/mol. The molecule has 0 aliphatic carbocycles. The van der Waals surface area contributed by atoms with Gasteiger partial charge in [0.15, 0.2) is 0 Å². The third kappa shape index (κ3) is 3.31. The Balaban J connectivity index is 2.25. The van der Waals surface area contributed by atoms with E-state index in [1.807, 2.05) is 0 Å². The molecule has 0 saturated carbocycles. The molecule has 0 fully saturated rings. The van der Waals surface area contributed by atoms with Gasteiger partial charge in [0.25, 0.3) is 0 Å². The lowest BCUT2D eigenvalue weighted by Gasteiger charge is -2.11. The van der Waals surface area contributed by atoms with Crippen LogP contribution >= 0.6 is 0 Å². The molecule has 2 rings (SSSR count). The van der Waals surface area contributed by atoms with Crippen LogP contribution in [0.25, 0.3) is 0 Å². The molecule has 1 N–H and O–H groups in total. The van der Waals surface area contributed by atoms with Gasteiger partial charge in [0.1, 0.15) is 12.1 Å². The number of rotatable bonds is 5. The van der Waals surface area contributed by atoms with Crippen LogP contribution in [-0.4, -0.2) is 9.97 Å². The fraction of sp³-hybridized carbons (Fsp3) is 0.375. The van der Waals surface area contributed by atoms with Crippen LogP contribution in [0.1, 0.15) is 37.1 Å². The first-order valence-electron chi connectivity index (χ1n) is 6.91. The molecular formula is C16H21N3. The second-order valence-electron chi connectivity index (χ2n) is 4.72. The maximum atomic E-state index is 4.35. The number of hydrogen-bond acceptors (Lipinski definition) is 3. The van der Waals surface area contributed by atoms with Crippen molar-refractivity contribution < 1.29 is 0 Å². The SMILES string of the molecule is CCCc1ncnc(Nc2cccc(CC)c2)c1C. The minimum Gasteiger partial charge on any atom is -0.340 e. The maximum Gasteiger partial charge on any atom is 0.136 e. The maximum absolute atomic E-state index is 4.35. The van der Waals surface area contributed by atoms with Crippen molar-refractivity contribution in [3.63, 3.8) is 0 Å². The van der Waals surface area contributed by atoms with Crippen LogP contribution in [0.5, 0.6) is 0 Å². The van der Waals surface area contributed by atoms with Gasteiger partial charge in [-0.1, -0.05) is 32.4 Å². The molecular weight excluding hydrogens is 234 g/mol. The van der Waals surface area contributed by atoms with Crippen molar-refractivity contribution in [1.82, 2.24) is 9.97 Å². The van der Waals surface area contributed by atoms with Gasteiger partial charge < -0.3 is 5.32 Å². The summed E-state index contributed by atoms with van der Waals surface area (Å²) >= 11 is 0. The van der Waals surface area contributed by atoms with Crippen molar-refractivity contribution in [2.24, 2.45) is 0 Å². The monoisotopic (exact) mass is 255 g/mol. The van der Waals surface area contributed by atoms with Crippen molar-refractivity contribution in [3.05, 3.63) is 47.4 Å². The normalized spacial score (nSPS) is 10.5. The number of benzene rings is 1. The molecule has 1 aromatic carbocycles. The van der Waals surface area contributed by atoms with E-state index in [4.69, 9.17) is 0 Å². The largest absolute Gasteiger partial charge is 0.340 e. The number of hydrogen-bond donors (Lipinski definition) is 1. The Morgan fingerprint density at radius 2 is 2.00 bits per heavy atom. The molecule has 0 amide bonds. The average molecular weight is 255 g/mol. The highest BCUT2D eigenvalue weighted by Gasteiger charge is 2.06. The van der Waals surface area contributed by atoms with Crippen molar-refractivity contribution in [3.8, 4) is 0 Å². The zero-order chi connectivity index (χ0) is 13.7. The Bertz CT molecular complexity index is 549. The van der Waals surface area contributed by atoms with Gasteiger partial charge in [0.05, 0.1) is 0 Å². The molecule has 3 heteroatoms. The second-order valence-corrected chi connectivity index (χ2v) is 4.72. The lowest BCUT2D eigenvalue weighted by atomic mass is 10.1. The Morgan fingerprint density at radius 1 is 1.16 bits per heavy atom. The molecule has 0 saturated heterocycles. The van der Waals surface area contributed by atoms with E-state index in [2.05, 4.69) is 60.3 Å². The minimum atomic E-state index is 0.909. The minimum absolute atomic E-state index is 0.909. The molecule has 0 bridgehead atoms. The van der Waals surface area contributed by atoms with Gasteiger partial charge in [0, 0.05) is 16.9 Å². The standard InChI is InChI=1S/C16H21N3/c1-4-7-15-12(3)16(18-11-17-15)19-14-9-6-8-13(5-2)10-14/h6,8-11H,4-5,7H2,1-3H3,(H,17,18,19). The fourth-order valence-corrected chi connectivity index (χ4v) is 2.11. The van der Waals surface area contributed by atoms with E-state index in [1.54, 1.807) is 6.33 Å². The molecule has 3 nitrogen and oxygen atoms in total. The second kappa shape index (κ2) is 6.32. The third-order valence-corrected chi connectivity index (χ3v) is 3.27. The first-order valence-corrected chi connectivity index (χ1v) is 6.91. The van der Waals surface area contributed by atoms with Gasteiger partial charge in [-0.05, 0) is 37.5 Å². The number of anilines is 2. The Labute approximate surface area is 115 Å². The van der Waals surface area contributed by atoms with E-state index in [1.165, 1.54) is 5.56 Å². The molecule has 0 aliphatic heterocycles. The first kappa shape index (κ1) is 13.5. The molecule has 0 radical (unpaired) electrons. The van der Waals surface area contributed by atoms with Crippen LogP contribution in [0, 0.1) is 6.92 Å². The van der Waals surface area contributed by atoms with Crippen LogP contribution in [-0.2, 0) is 12.8 Å². The number of nitrogens with one attached hydrogen (secondary N) is 1. The summed E-state index contributed by atoms with van der Waals surface area (Å²) in [6.45, 7) is 6.41. The molecule has 0 spiro atoms. The van der Waals surface area contributed by atoms with E-state index >= 15 is 0 Å². The van der Waals surface area contributed by atoms with Gasteiger partial charge in [-0.3, -0.25) is 0 Å². The Morgan fingerprint density at radius 3 is 2.74 bits per heavy atom. The van der Waals surface area contributed by atoms with E-state index in [0.717, 1.165) is 42.0 Å². The summed E-state index contributed by atoms with van der Waals surface area (Å²) in [6, 6.07) is 8.45. The zero-order valence-electron chi connectivity index (χ0n) is 11.9. The molecule has 19 heavy (non-hydrogen) atoms. The smallest absolute Gasteiger partial charge is 0.136 e. The lowest BCUT2D eigenvalue weighted by molar-refractivity contribution is 0.861. The molecule has 100 valence electrons. The van der Waals surface area contributed by atoms with E-state index < -0.39 is 0 Å². The average Bonchev–Trinajstić information content (AvgIpc) is 2.44. The van der Waals surface area contributed by atoms with Crippen LogP contribution < -0.4 is 5.32 Å². The highest BCUT2D eigenvalue weighted by atomic mass is 15.0. The summed E-state index contributed by atoms with van der Waals surface area (Å²) in [4.78, 5) is 8.70. The number of aromatic nitrogens is 2. The third-order valence-electron chi connectivity index (χ3n) is 3.27. The van der Waals surface area contributed by atoms with Gasteiger partial charge in [-0.15, -0.1) is 0 Å². The molecule has 0 atom stereocenters. The molecule has 0 unspecified atom stereocenters. The van der Waals surface area contributed by atoms with Gasteiger partial charge in [-0.25, -0.2) is 9.97 Å². The fourth-order valence-electron chi connectivity index (χ4n) is 2.11. The van der Waals surface area contributed by atoms with Gasteiger partial charge in [-0.2, -0.15) is 0 Å². The predicted octanol–water partition coefficient (Wildman–Crippen LogP) is 4.04. The van der Waals surface area contributed by atoms with Crippen molar-refractivity contribution in [2.45, 2.75) is 40.0 Å². The number of nitrogens with zero attached hydrogens (tertiary/aromatic N) is 2. The zero-order valence-corrected chi connectivity index (χ0v) is 11.9. The van der Waals surface area contributed by atoms with Crippen LogP contribution in [0.4, 0.5) is 11.5 Å². The molecule has 2 aromatic rings. The molecule has 1 heterocycles. The van der Waals surface area contributed by atoms with Gasteiger partial charge >= 0.3 is 0 Å². The summed E-state index contributed by atoms with van der Waals surface area (Å²) in [5.74, 6) is 0.909. The highest BCUT2D eigenvalue weighted by Crippen LogP contribution is 2.21. The number of aryl methyl sites for hydroxylation is 2. The van der Waals surface area contributed by atoms with Crippen molar-refractivity contribution >= 4 is 11.5 Å². The van der Waals surface area contributed by atoms with E-state index in [9.17, 15) is 0 Å². The lowest BCUT2D eigenvalue weighted by Crippen LogP contribution is -2.02. The quantitative estimate of drug-likeness (QED) is 0.876. The van der Waals surface area contributed by atoms with Crippen LogP contribution in [0.3, 0.4) is 0 Å². The Hall–Kier alpha value is -1.90. The highest BCUT2D eigenvalue weighted by molar-refractivity contribution is 5.60. The van der Waals surface area contributed by atoms with Crippen LogP contribution in [0.15, 0.2) is 30.6 Å². The molecule has 1 aromatic heterocycles. The van der Waals surface area contributed by atoms with E-state index in [0.29, 0.717) is 0 Å². The summed E-state index contributed by atoms with van der Waals surface area (Å²) in [7, 11) is 0. The van der Waals surface area contributed by atoms with E-state index in [-0.39, 0.29) is 0 Å². The summed E-state index contributed by atoms with van der Waals surface area (Å²) in [5, 5.41) is 3.39. The van der Waals surface area contributed by atoms with Crippen molar-refractivity contribution in [2.75, 3.05) is 5.32 Å². The summed E-state index contributed by atoms with van der Waals surface area (Å²) in [6.07, 6.45) is 4.78. The first-order chi connectivity index (χ1) is 9.24. The van der Waals surface area contributed by atoms with Crippen molar-refractivity contribution in [1.29, 1.82) is 0 Å². The summed E-state index contributed by atoms with van der Waals surface area (Å²) < 4.78 is 0. The summed E-state index contributed by atoms with van der Waals surface area (Å²) in [5.41, 5.74) is 4.69. The Kier molecular flexibility index (Phi) is 4.50. The topological polar surface area (TPSA) is 37.8 Å².